The average molecular weight is 260 g/mol. The molecule has 0 spiro atoms. The molecule has 0 saturated heterocycles. The Kier molecular flexibility index (Phi) is 3.46. The van der Waals surface area contributed by atoms with Gasteiger partial charge in [0, 0.05) is 5.54 Å². The lowest BCUT2D eigenvalue weighted by Crippen LogP contribution is -2.30. The van der Waals surface area contributed by atoms with Crippen molar-refractivity contribution < 1.29 is 0 Å². The van der Waals surface area contributed by atoms with E-state index in [9.17, 15) is 4.79 Å². The number of hydrogen-bond acceptors (Lipinski definition) is 4. The summed E-state index contributed by atoms with van der Waals surface area (Å²) >= 11 is 0. The zero-order chi connectivity index (χ0) is 14.0. The molecular weight excluding hydrogens is 240 g/mol. The summed E-state index contributed by atoms with van der Waals surface area (Å²) in [6.07, 6.45) is 3.53. The Labute approximate surface area is 112 Å². The Bertz CT molecular complexity index is 645. The number of anilines is 2. The van der Waals surface area contributed by atoms with Crippen LogP contribution in [0.5, 0.6) is 0 Å². The maximum absolute atomic E-state index is 11.7. The molecule has 1 aromatic heterocycles. The minimum Gasteiger partial charge on any atom is -0.397 e. The molecular formula is C14H20N4O. The maximum atomic E-state index is 11.7. The van der Waals surface area contributed by atoms with Crippen molar-refractivity contribution >= 4 is 22.3 Å². The molecule has 4 N–H and O–H groups in total. The number of nitrogens with one attached hydrogen (secondary N) is 2. The van der Waals surface area contributed by atoms with Crippen LogP contribution in [0.3, 0.4) is 0 Å². The third-order valence-corrected chi connectivity index (χ3v) is 3.16. The second kappa shape index (κ2) is 4.91. The van der Waals surface area contributed by atoms with Crippen LogP contribution in [0.15, 0.2) is 23.3 Å². The predicted octanol–water partition coefficient (Wildman–Crippen LogP) is 2.50. The van der Waals surface area contributed by atoms with Gasteiger partial charge in [0.2, 0.25) is 0 Å². The van der Waals surface area contributed by atoms with E-state index in [0.29, 0.717) is 16.6 Å². The molecule has 0 saturated carbocycles. The summed E-state index contributed by atoms with van der Waals surface area (Å²) in [6, 6.07) is 3.50. The largest absolute Gasteiger partial charge is 0.397 e. The van der Waals surface area contributed by atoms with Crippen molar-refractivity contribution in [3.63, 3.8) is 0 Å². The Morgan fingerprint density at radius 3 is 2.84 bits per heavy atom. The second-order valence-corrected chi connectivity index (χ2v) is 5.45. The van der Waals surface area contributed by atoms with Crippen molar-refractivity contribution in [3.8, 4) is 0 Å². The molecule has 102 valence electrons. The first-order valence-electron chi connectivity index (χ1n) is 6.48. The molecule has 5 nitrogen and oxygen atoms in total. The van der Waals surface area contributed by atoms with Crippen LogP contribution >= 0.6 is 0 Å². The minimum atomic E-state index is -0.170. The molecule has 1 heterocycles. The topological polar surface area (TPSA) is 83.8 Å². The monoisotopic (exact) mass is 260 g/mol. The van der Waals surface area contributed by atoms with Gasteiger partial charge in [0.25, 0.3) is 5.56 Å². The molecule has 0 bridgehead atoms. The van der Waals surface area contributed by atoms with Crippen LogP contribution < -0.4 is 16.6 Å². The summed E-state index contributed by atoms with van der Waals surface area (Å²) in [5.41, 5.74) is 7.84. The fourth-order valence-corrected chi connectivity index (χ4v) is 2.29. The molecule has 0 amide bonds. The van der Waals surface area contributed by atoms with E-state index in [4.69, 9.17) is 5.73 Å². The molecule has 1 aromatic carbocycles. The summed E-state index contributed by atoms with van der Waals surface area (Å²) in [4.78, 5) is 18.4. The van der Waals surface area contributed by atoms with Gasteiger partial charge in [-0.25, -0.2) is 4.98 Å². The summed E-state index contributed by atoms with van der Waals surface area (Å²) < 4.78 is 0. The van der Waals surface area contributed by atoms with E-state index in [2.05, 4.69) is 36.1 Å². The van der Waals surface area contributed by atoms with Gasteiger partial charge in [-0.05, 0) is 32.4 Å². The minimum absolute atomic E-state index is 0.0439. The van der Waals surface area contributed by atoms with Crippen molar-refractivity contribution in [2.24, 2.45) is 0 Å². The molecule has 2 rings (SSSR count). The molecule has 0 aliphatic carbocycles. The predicted molar refractivity (Wildman–Crippen MR) is 79.4 cm³/mol. The van der Waals surface area contributed by atoms with Gasteiger partial charge in [0.05, 0.1) is 28.6 Å². The molecule has 2 aromatic rings. The lowest BCUT2D eigenvalue weighted by atomic mass is 9.98. The highest BCUT2D eigenvalue weighted by Gasteiger charge is 2.17. The number of nitrogen functional groups attached to an aromatic ring is 1. The molecule has 0 atom stereocenters. The Balaban J connectivity index is 2.45. The Hall–Kier alpha value is -2.04. The highest BCUT2D eigenvalue weighted by molar-refractivity contribution is 5.88. The zero-order valence-corrected chi connectivity index (χ0v) is 11.6. The summed E-state index contributed by atoms with van der Waals surface area (Å²) in [5.74, 6) is 0. The number of aromatic amines is 1. The lowest BCUT2D eigenvalue weighted by Gasteiger charge is -2.28. The molecule has 5 heteroatoms. The molecule has 0 unspecified atom stereocenters. The molecule has 19 heavy (non-hydrogen) atoms. The lowest BCUT2D eigenvalue weighted by molar-refractivity contribution is 0.511. The van der Waals surface area contributed by atoms with Crippen molar-refractivity contribution in [2.45, 2.75) is 39.2 Å². The fraction of sp³-hybridized carbons (Fsp3) is 0.429. The first kappa shape index (κ1) is 13.4. The van der Waals surface area contributed by atoms with Crippen LogP contribution in [-0.2, 0) is 0 Å². The number of hydrogen-bond donors (Lipinski definition) is 3. The fourth-order valence-electron chi connectivity index (χ4n) is 2.29. The number of H-pyrrole nitrogens is 1. The van der Waals surface area contributed by atoms with Gasteiger partial charge in [-0.1, -0.05) is 13.3 Å². The number of nitrogens with zero attached hydrogens (tertiary/aromatic N) is 1. The number of aromatic nitrogens is 2. The third-order valence-electron chi connectivity index (χ3n) is 3.16. The van der Waals surface area contributed by atoms with E-state index in [1.165, 1.54) is 6.33 Å². The van der Waals surface area contributed by atoms with Crippen LogP contribution in [-0.4, -0.2) is 15.5 Å². The average Bonchev–Trinajstić information content (AvgIpc) is 2.31. The van der Waals surface area contributed by atoms with Crippen LogP contribution in [0.4, 0.5) is 11.4 Å². The number of fused-ring (bicyclic) bond motifs is 1. The van der Waals surface area contributed by atoms with Gasteiger partial charge in [-0.3, -0.25) is 4.79 Å². The quantitative estimate of drug-likeness (QED) is 0.737. The van der Waals surface area contributed by atoms with Crippen molar-refractivity contribution in [1.82, 2.24) is 9.97 Å². The van der Waals surface area contributed by atoms with E-state index in [-0.39, 0.29) is 11.1 Å². The van der Waals surface area contributed by atoms with E-state index in [0.717, 1.165) is 18.5 Å². The molecule has 0 radical (unpaired) electrons. The van der Waals surface area contributed by atoms with Crippen LogP contribution in [0, 0.1) is 0 Å². The van der Waals surface area contributed by atoms with Gasteiger partial charge in [0.15, 0.2) is 0 Å². The first-order valence-corrected chi connectivity index (χ1v) is 6.48. The zero-order valence-electron chi connectivity index (χ0n) is 11.6. The van der Waals surface area contributed by atoms with E-state index in [1.807, 2.05) is 6.07 Å². The van der Waals surface area contributed by atoms with Crippen molar-refractivity contribution in [1.29, 1.82) is 0 Å². The Morgan fingerprint density at radius 2 is 2.16 bits per heavy atom. The normalized spacial score (nSPS) is 11.7. The summed E-state index contributed by atoms with van der Waals surface area (Å²) in [7, 11) is 0. The highest BCUT2D eigenvalue weighted by Crippen LogP contribution is 2.27. The van der Waals surface area contributed by atoms with Crippen LogP contribution in [0.1, 0.15) is 33.6 Å². The summed E-state index contributed by atoms with van der Waals surface area (Å²) in [5, 5.41) is 3.93. The molecule has 0 fully saturated rings. The highest BCUT2D eigenvalue weighted by atomic mass is 16.1. The van der Waals surface area contributed by atoms with Gasteiger partial charge in [-0.15, -0.1) is 0 Å². The maximum Gasteiger partial charge on any atom is 0.258 e. The molecule has 0 aliphatic heterocycles. The van der Waals surface area contributed by atoms with Gasteiger partial charge < -0.3 is 16.0 Å². The van der Waals surface area contributed by atoms with Crippen molar-refractivity contribution in [3.05, 3.63) is 28.8 Å². The standard InChI is InChI=1S/C14H20N4O/c1-4-5-14(2,3)18-12-7-11-9(6-10(12)15)13(19)17-8-16-11/h6-8,18H,4-5,15H2,1-3H3,(H,16,17,19). The van der Waals surface area contributed by atoms with Gasteiger partial charge in [0.1, 0.15) is 0 Å². The molecule has 0 aliphatic rings. The van der Waals surface area contributed by atoms with Gasteiger partial charge >= 0.3 is 0 Å². The van der Waals surface area contributed by atoms with Gasteiger partial charge in [-0.2, -0.15) is 0 Å². The number of rotatable bonds is 4. The Morgan fingerprint density at radius 1 is 1.42 bits per heavy atom. The van der Waals surface area contributed by atoms with Crippen LogP contribution in [0.25, 0.3) is 10.9 Å². The van der Waals surface area contributed by atoms with E-state index in [1.54, 1.807) is 6.07 Å². The summed E-state index contributed by atoms with van der Waals surface area (Å²) in [6.45, 7) is 6.41. The number of nitrogens with two attached hydrogens (primary N) is 1. The smallest absolute Gasteiger partial charge is 0.258 e. The second-order valence-electron chi connectivity index (χ2n) is 5.45. The van der Waals surface area contributed by atoms with Crippen molar-refractivity contribution in [2.75, 3.05) is 11.1 Å². The third kappa shape index (κ3) is 2.86. The van der Waals surface area contributed by atoms with E-state index >= 15 is 0 Å². The van der Waals surface area contributed by atoms with Crippen LogP contribution in [0.2, 0.25) is 0 Å². The number of benzene rings is 1. The first-order chi connectivity index (χ1) is 8.93. The van der Waals surface area contributed by atoms with E-state index < -0.39 is 0 Å². The SMILES string of the molecule is CCCC(C)(C)Nc1cc2nc[nH]c(=O)c2cc1N.